The highest BCUT2D eigenvalue weighted by atomic mass is 19.1. The van der Waals surface area contributed by atoms with Crippen LogP contribution < -0.4 is 0 Å². The van der Waals surface area contributed by atoms with Gasteiger partial charge in [0.15, 0.2) is 0 Å². The van der Waals surface area contributed by atoms with E-state index in [2.05, 4.69) is 6.92 Å². The maximum Gasteiger partial charge on any atom is 0.147 e. The summed E-state index contributed by atoms with van der Waals surface area (Å²) in [5.41, 5.74) is 1.82. The number of aliphatic hydroxyl groups is 1. The molecule has 1 aromatic carbocycles. The van der Waals surface area contributed by atoms with Gasteiger partial charge in [-0.05, 0) is 30.9 Å². The van der Waals surface area contributed by atoms with Gasteiger partial charge in [0.1, 0.15) is 5.82 Å². The molecule has 0 fully saturated rings. The van der Waals surface area contributed by atoms with Crippen LogP contribution in [0.4, 0.5) is 4.39 Å². The van der Waals surface area contributed by atoms with Crippen LogP contribution in [-0.2, 0) is 13.0 Å². The minimum absolute atomic E-state index is 0.161. The Bertz CT molecular complexity index is 504. The van der Waals surface area contributed by atoms with E-state index in [1.54, 1.807) is 6.07 Å². The average molecular weight is 235 g/mol. The molecule has 2 aromatic rings. The Kier molecular flexibility index (Phi) is 3.79. The van der Waals surface area contributed by atoms with Crippen LogP contribution in [0.25, 0.3) is 10.9 Å². The normalized spacial score (nSPS) is 11.2. The topological polar surface area (TPSA) is 25.2 Å². The zero-order valence-electron chi connectivity index (χ0n) is 10.1. The van der Waals surface area contributed by atoms with E-state index in [1.165, 1.54) is 6.07 Å². The molecule has 0 amide bonds. The van der Waals surface area contributed by atoms with Crippen molar-refractivity contribution >= 4 is 10.9 Å². The van der Waals surface area contributed by atoms with Crippen molar-refractivity contribution in [2.45, 2.75) is 32.7 Å². The molecule has 0 aliphatic heterocycles. The van der Waals surface area contributed by atoms with Crippen molar-refractivity contribution in [1.82, 2.24) is 4.57 Å². The highest BCUT2D eigenvalue weighted by Crippen LogP contribution is 2.25. The summed E-state index contributed by atoms with van der Waals surface area (Å²) in [6, 6.07) is 5.21. The van der Waals surface area contributed by atoms with Gasteiger partial charge >= 0.3 is 0 Å². The van der Waals surface area contributed by atoms with Crippen molar-refractivity contribution in [1.29, 1.82) is 0 Å². The standard InChI is InChI=1S/C14H18FNO/c1-2-8-16-10-11(5-4-9-17)12-6-3-7-13(15)14(12)16/h3,6-7,10,17H,2,4-5,8-9H2,1H3. The number of para-hydroxylation sites is 1. The molecule has 2 rings (SSSR count). The van der Waals surface area contributed by atoms with E-state index in [0.29, 0.717) is 5.52 Å². The zero-order valence-corrected chi connectivity index (χ0v) is 10.1. The van der Waals surface area contributed by atoms with E-state index in [-0.39, 0.29) is 12.4 Å². The first-order chi connectivity index (χ1) is 8.27. The smallest absolute Gasteiger partial charge is 0.147 e. The molecule has 2 nitrogen and oxygen atoms in total. The number of nitrogens with zero attached hydrogens (tertiary/aromatic N) is 1. The monoisotopic (exact) mass is 235 g/mol. The first-order valence-corrected chi connectivity index (χ1v) is 6.15. The van der Waals surface area contributed by atoms with E-state index < -0.39 is 0 Å². The summed E-state index contributed by atoms with van der Waals surface area (Å²) in [4.78, 5) is 0. The third kappa shape index (κ3) is 2.34. The van der Waals surface area contributed by atoms with Crippen LogP contribution in [0.2, 0.25) is 0 Å². The number of hydrogen-bond acceptors (Lipinski definition) is 1. The highest BCUT2D eigenvalue weighted by molar-refractivity contribution is 5.84. The van der Waals surface area contributed by atoms with Crippen LogP contribution in [-0.4, -0.2) is 16.3 Å². The van der Waals surface area contributed by atoms with Crippen LogP contribution in [0.15, 0.2) is 24.4 Å². The van der Waals surface area contributed by atoms with Crippen molar-refractivity contribution in [2.75, 3.05) is 6.61 Å². The average Bonchev–Trinajstić information content (AvgIpc) is 2.67. The summed E-state index contributed by atoms with van der Waals surface area (Å²) in [5.74, 6) is -0.161. The molecule has 92 valence electrons. The lowest BCUT2D eigenvalue weighted by Crippen LogP contribution is -1.95. The van der Waals surface area contributed by atoms with E-state index in [4.69, 9.17) is 5.11 Å². The molecule has 3 heteroatoms. The molecule has 0 aliphatic carbocycles. The second-order valence-electron chi connectivity index (χ2n) is 4.31. The van der Waals surface area contributed by atoms with Crippen LogP contribution in [0.5, 0.6) is 0 Å². The maximum absolute atomic E-state index is 13.8. The van der Waals surface area contributed by atoms with Gasteiger partial charge in [-0.2, -0.15) is 0 Å². The molecular weight excluding hydrogens is 217 g/mol. The minimum Gasteiger partial charge on any atom is -0.396 e. The Hall–Kier alpha value is -1.35. The fourth-order valence-corrected chi connectivity index (χ4v) is 2.27. The lowest BCUT2D eigenvalue weighted by atomic mass is 10.1. The van der Waals surface area contributed by atoms with Gasteiger partial charge in [-0.15, -0.1) is 0 Å². The predicted molar refractivity (Wildman–Crippen MR) is 67.6 cm³/mol. The summed E-state index contributed by atoms with van der Waals surface area (Å²) in [6.45, 7) is 3.09. The molecule has 1 N–H and O–H groups in total. The Morgan fingerprint density at radius 3 is 2.88 bits per heavy atom. The van der Waals surface area contributed by atoms with Gasteiger partial charge < -0.3 is 9.67 Å². The molecule has 0 spiro atoms. The molecule has 1 heterocycles. The minimum atomic E-state index is -0.161. The van der Waals surface area contributed by atoms with Gasteiger partial charge in [-0.1, -0.05) is 19.1 Å². The molecule has 0 unspecified atom stereocenters. The lowest BCUT2D eigenvalue weighted by Gasteiger charge is -2.02. The van der Waals surface area contributed by atoms with E-state index in [9.17, 15) is 4.39 Å². The maximum atomic E-state index is 13.8. The van der Waals surface area contributed by atoms with Gasteiger partial charge in [-0.3, -0.25) is 0 Å². The van der Waals surface area contributed by atoms with Crippen molar-refractivity contribution in [3.8, 4) is 0 Å². The summed E-state index contributed by atoms with van der Waals surface area (Å²) in [6.07, 6.45) is 4.53. The summed E-state index contributed by atoms with van der Waals surface area (Å²) >= 11 is 0. The van der Waals surface area contributed by atoms with Gasteiger partial charge in [0, 0.05) is 24.7 Å². The number of hydrogen-bond donors (Lipinski definition) is 1. The fraction of sp³-hybridized carbons (Fsp3) is 0.429. The van der Waals surface area contributed by atoms with Gasteiger partial charge in [-0.25, -0.2) is 4.39 Å². The number of benzene rings is 1. The second-order valence-corrected chi connectivity index (χ2v) is 4.31. The van der Waals surface area contributed by atoms with E-state index >= 15 is 0 Å². The van der Waals surface area contributed by atoms with Crippen LogP contribution >= 0.6 is 0 Å². The molecule has 0 bridgehead atoms. The van der Waals surface area contributed by atoms with E-state index in [1.807, 2.05) is 16.8 Å². The zero-order chi connectivity index (χ0) is 12.3. The van der Waals surface area contributed by atoms with Gasteiger partial charge in [0.05, 0.1) is 5.52 Å². The number of aromatic nitrogens is 1. The quantitative estimate of drug-likeness (QED) is 0.846. The van der Waals surface area contributed by atoms with Crippen molar-refractivity contribution in [3.63, 3.8) is 0 Å². The molecule has 0 saturated heterocycles. The summed E-state index contributed by atoms with van der Waals surface area (Å²) < 4.78 is 15.8. The van der Waals surface area contributed by atoms with Crippen LogP contribution in [0.1, 0.15) is 25.3 Å². The highest BCUT2D eigenvalue weighted by Gasteiger charge is 2.11. The SMILES string of the molecule is CCCn1cc(CCCO)c2cccc(F)c21. The number of fused-ring (bicyclic) bond motifs is 1. The number of aryl methyl sites for hydroxylation is 2. The largest absolute Gasteiger partial charge is 0.396 e. The van der Waals surface area contributed by atoms with Crippen molar-refractivity contribution < 1.29 is 9.50 Å². The molecular formula is C14H18FNO. The van der Waals surface area contributed by atoms with Gasteiger partial charge in [0.25, 0.3) is 0 Å². The molecule has 0 saturated carbocycles. The van der Waals surface area contributed by atoms with Crippen LogP contribution in [0.3, 0.4) is 0 Å². The number of halogens is 1. The third-order valence-electron chi connectivity index (χ3n) is 3.00. The Labute approximate surface area is 101 Å². The fourth-order valence-electron chi connectivity index (χ4n) is 2.27. The van der Waals surface area contributed by atoms with E-state index in [0.717, 1.165) is 36.8 Å². The first-order valence-electron chi connectivity index (χ1n) is 6.15. The van der Waals surface area contributed by atoms with Crippen LogP contribution in [0, 0.1) is 5.82 Å². The molecule has 0 radical (unpaired) electrons. The predicted octanol–water partition coefficient (Wildman–Crippen LogP) is 3.12. The summed E-state index contributed by atoms with van der Waals surface area (Å²) in [7, 11) is 0. The summed E-state index contributed by atoms with van der Waals surface area (Å²) in [5, 5.41) is 9.86. The Balaban J connectivity index is 2.50. The third-order valence-corrected chi connectivity index (χ3v) is 3.00. The first kappa shape index (κ1) is 12.1. The molecule has 0 atom stereocenters. The molecule has 0 aliphatic rings. The van der Waals surface area contributed by atoms with Gasteiger partial charge in [0.2, 0.25) is 0 Å². The molecule has 1 aromatic heterocycles. The Morgan fingerprint density at radius 1 is 1.35 bits per heavy atom. The van der Waals surface area contributed by atoms with Crippen molar-refractivity contribution in [2.24, 2.45) is 0 Å². The Morgan fingerprint density at radius 2 is 2.18 bits per heavy atom. The second kappa shape index (κ2) is 5.32. The number of aliphatic hydroxyl groups excluding tert-OH is 1. The van der Waals surface area contributed by atoms with Crippen molar-refractivity contribution in [3.05, 3.63) is 35.8 Å². The lowest BCUT2D eigenvalue weighted by molar-refractivity contribution is 0.288. The number of rotatable bonds is 5. The molecule has 17 heavy (non-hydrogen) atoms.